The van der Waals surface area contributed by atoms with Crippen LogP contribution in [-0.4, -0.2) is 30.4 Å². The van der Waals surface area contributed by atoms with E-state index in [1.54, 1.807) is 12.4 Å². The van der Waals surface area contributed by atoms with E-state index in [0.29, 0.717) is 13.2 Å². The van der Waals surface area contributed by atoms with Crippen molar-refractivity contribution >= 4 is 12.2 Å². The molecule has 13 heavy (non-hydrogen) atoms. The van der Waals surface area contributed by atoms with Crippen LogP contribution >= 0.6 is 0 Å². The molecule has 0 atom stereocenters. The molecule has 2 amide bonds. The molecular weight excluding hydrogens is 168 g/mol. The van der Waals surface area contributed by atoms with E-state index >= 15 is 0 Å². The second-order valence-electron chi connectivity index (χ2n) is 2.87. The molecule has 0 unspecified atom stereocenters. The summed E-state index contributed by atoms with van der Waals surface area (Å²) in [6, 6.07) is -0.443. The number of amides is 2. The number of nitrogens with zero attached hydrogens (tertiary/aromatic N) is 2. The first kappa shape index (κ1) is 7.85. The van der Waals surface area contributed by atoms with Crippen LogP contribution in [0.25, 0.3) is 0 Å². The zero-order valence-corrected chi connectivity index (χ0v) is 7.03. The molecule has 0 aromatic rings. The van der Waals surface area contributed by atoms with Crippen molar-refractivity contribution in [2.24, 2.45) is 10.7 Å². The van der Waals surface area contributed by atoms with Crippen LogP contribution in [0.15, 0.2) is 28.5 Å². The van der Waals surface area contributed by atoms with Crippen LogP contribution in [0.5, 0.6) is 0 Å². The smallest absolute Gasteiger partial charge is 0.319 e. The number of rotatable bonds is 0. The quantitative estimate of drug-likeness (QED) is 0.538. The highest BCUT2D eigenvalue weighted by Gasteiger charge is 2.16. The van der Waals surface area contributed by atoms with Crippen molar-refractivity contribution in [3.8, 4) is 0 Å². The van der Waals surface area contributed by atoms with Gasteiger partial charge in [-0.15, -0.1) is 0 Å². The maximum Gasteiger partial charge on any atom is 0.319 e. The number of primary amides is 1. The van der Waals surface area contributed by atoms with E-state index in [9.17, 15) is 4.79 Å². The SMILES string of the molecule is NC(=O)N1C=CC2=C(C=NCN2)C1. The van der Waals surface area contributed by atoms with E-state index in [2.05, 4.69) is 10.3 Å². The van der Waals surface area contributed by atoms with Gasteiger partial charge in [0, 0.05) is 23.7 Å². The van der Waals surface area contributed by atoms with E-state index < -0.39 is 6.03 Å². The van der Waals surface area contributed by atoms with Gasteiger partial charge in [0.1, 0.15) is 6.67 Å². The molecule has 2 aliphatic heterocycles. The van der Waals surface area contributed by atoms with Gasteiger partial charge < -0.3 is 11.1 Å². The first-order valence-electron chi connectivity index (χ1n) is 3.98. The fraction of sp³-hybridized carbons (Fsp3) is 0.250. The van der Waals surface area contributed by atoms with Crippen molar-refractivity contribution in [3.05, 3.63) is 23.5 Å². The standard InChI is InChI=1S/C8H10N4O/c9-8(13)12-2-1-7-6(4-12)3-10-5-11-7/h1-3,11H,4-5H2,(H2,9,13). The molecule has 5 nitrogen and oxygen atoms in total. The number of urea groups is 1. The zero-order valence-electron chi connectivity index (χ0n) is 7.03. The van der Waals surface area contributed by atoms with Crippen LogP contribution < -0.4 is 11.1 Å². The molecule has 0 aromatic heterocycles. The third-order valence-corrected chi connectivity index (χ3v) is 2.00. The summed E-state index contributed by atoms with van der Waals surface area (Å²) in [6.45, 7) is 1.09. The van der Waals surface area contributed by atoms with Crippen molar-refractivity contribution in [1.29, 1.82) is 0 Å². The molecule has 2 aliphatic rings. The number of nitrogens with one attached hydrogen (secondary N) is 1. The number of nitrogens with two attached hydrogens (primary N) is 1. The van der Waals surface area contributed by atoms with E-state index in [4.69, 9.17) is 5.73 Å². The Morgan fingerprint density at radius 1 is 1.69 bits per heavy atom. The van der Waals surface area contributed by atoms with Gasteiger partial charge >= 0.3 is 6.03 Å². The Balaban J connectivity index is 2.20. The second-order valence-corrected chi connectivity index (χ2v) is 2.87. The van der Waals surface area contributed by atoms with E-state index in [1.807, 2.05) is 6.08 Å². The summed E-state index contributed by atoms with van der Waals surface area (Å²) in [5, 5.41) is 3.10. The summed E-state index contributed by atoms with van der Waals surface area (Å²) in [6.07, 6.45) is 5.27. The highest BCUT2D eigenvalue weighted by Crippen LogP contribution is 2.13. The van der Waals surface area contributed by atoms with Gasteiger partial charge in [0.15, 0.2) is 0 Å². The molecule has 0 spiro atoms. The zero-order chi connectivity index (χ0) is 9.26. The summed E-state index contributed by atoms with van der Waals surface area (Å²) in [4.78, 5) is 16.3. The van der Waals surface area contributed by atoms with Crippen LogP contribution in [0.3, 0.4) is 0 Å². The summed E-state index contributed by atoms with van der Waals surface area (Å²) in [5.74, 6) is 0. The predicted molar refractivity (Wildman–Crippen MR) is 49.0 cm³/mol. The highest BCUT2D eigenvalue weighted by molar-refractivity contribution is 5.84. The van der Waals surface area contributed by atoms with Gasteiger partial charge in [-0.3, -0.25) is 9.89 Å². The Morgan fingerprint density at radius 3 is 3.31 bits per heavy atom. The third-order valence-electron chi connectivity index (χ3n) is 2.00. The van der Waals surface area contributed by atoms with Gasteiger partial charge in [-0.05, 0) is 6.08 Å². The van der Waals surface area contributed by atoms with Crippen LogP contribution in [0.2, 0.25) is 0 Å². The molecule has 0 bridgehead atoms. The number of hydrogen-bond acceptors (Lipinski definition) is 3. The molecule has 0 saturated carbocycles. The van der Waals surface area contributed by atoms with Crippen molar-refractivity contribution in [2.75, 3.05) is 13.2 Å². The number of hydrogen-bond donors (Lipinski definition) is 2. The van der Waals surface area contributed by atoms with Gasteiger partial charge in [-0.1, -0.05) is 0 Å². The lowest BCUT2D eigenvalue weighted by Gasteiger charge is -2.24. The number of carbonyl (C=O) groups excluding carboxylic acids is 1. The number of carbonyl (C=O) groups is 1. The first-order chi connectivity index (χ1) is 6.27. The molecule has 0 saturated heterocycles. The number of aliphatic imine (C=N–C) groups is 1. The molecule has 3 N–H and O–H groups in total. The summed E-state index contributed by atoms with van der Waals surface area (Å²) in [5.41, 5.74) is 7.15. The second kappa shape index (κ2) is 2.93. The fourth-order valence-corrected chi connectivity index (χ4v) is 1.31. The van der Waals surface area contributed by atoms with E-state index in [0.717, 1.165) is 11.3 Å². The molecule has 2 rings (SSSR count). The average Bonchev–Trinajstić information content (AvgIpc) is 2.17. The maximum atomic E-state index is 10.8. The van der Waals surface area contributed by atoms with Crippen LogP contribution in [0.4, 0.5) is 4.79 Å². The van der Waals surface area contributed by atoms with Gasteiger partial charge in [0.2, 0.25) is 0 Å². The van der Waals surface area contributed by atoms with Crippen molar-refractivity contribution in [3.63, 3.8) is 0 Å². The minimum absolute atomic E-state index is 0.443. The third kappa shape index (κ3) is 1.40. The minimum Gasteiger partial charge on any atom is -0.366 e. The Labute approximate surface area is 75.6 Å². The van der Waals surface area contributed by atoms with Crippen molar-refractivity contribution < 1.29 is 4.79 Å². The van der Waals surface area contributed by atoms with Crippen molar-refractivity contribution in [1.82, 2.24) is 10.2 Å². The number of allylic oxidation sites excluding steroid dienone is 1. The van der Waals surface area contributed by atoms with E-state index in [1.165, 1.54) is 4.90 Å². The summed E-state index contributed by atoms with van der Waals surface area (Å²) >= 11 is 0. The molecule has 0 aliphatic carbocycles. The molecule has 68 valence electrons. The molecule has 0 fully saturated rings. The molecule has 2 heterocycles. The monoisotopic (exact) mass is 178 g/mol. The molecule has 0 radical (unpaired) electrons. The van der Waals surface area contributed by atoms with E-state index in [-0.39, 0.29) is 0 Å². The van der Waals surface area contributed by atoms with Crippen molar-refractivity contribution in [2.45, 2.75) is 0 Å². The molecular formula is C8H10N4O. The van der Waals surface area contributed by atoms with Crippen LogP contribution in [0.1, 0.15) is 0 Å². The highest BCUT2D eigenvalue weighted by atomic mass is 16.2. The molecule has 0 aromatic carbocycles. The lowest BCUT2D eigenvalue weighted by atomic mass is 10.1. The Hall–Kier alpha value is -1.78. The average molecular weight is 178 g/mol. The molecule has 5 heteroatoms. The first-order valence-corrected chi connectivity index (χ1v) is 3.98. The van der Waals surface area contributed by atoms with Gasteiger partial charge in [0.25, 0.3) is 0 Å². The Morgan fingerprint density at radius 2 is 2.54 bits per heavy atom. The Kier molecular flexibility index (Phi) is 1.77. The summed E-state index contributed by atoms with van der Waals surface area (Å²) in [7, 11) is 0. The fourth-order valence-electron chi connectivity index (χ4n) is 1.31. The lowest BCUT2D eigenvalue weighted by molar-refractivity contribution is 0.227. The Bertz CT molecular complexity index is 329. The summed E-state index contributed by atoms with van der Waals surface area (Å²) < 4.78 is 0. The predicted octanol–water partition coefficient (Wildman–Crippen LogP) is -0.220. The maximum absolute atomic E-state index is 10.8. The normalized spacial score (nSPS) is 19.8. The van der Waals surface area contributed by atoms with Gasteiger partial charge in [0.05, 0.1) is 6.54 Å². The van der Waals surface area contributed by atoms with Gasteiger partial charge in [-0.2, -0.15) is 0 Å². The lowest BCUT2D eigenvalue weighted by Crippen LogP contribution is -2.37. The minimum atomic E-state index is -0.443. The topological polar surface area (TPSA) is 70.7 Å². The van der Waals surface area contributed by atoms with Crippen LogP contribution in [-0.2, 0) is 0 Å². The largest absolute Gasteiger partial charge is 0.366 e. The van der Waals surface area contributed by atoms with Crippen LogP contribution in [0, 0.1) is 0 Å². The van der Waals surface area contributed by atoms with Gasteiger partial charge in [-0.25, -0.2) is 4.79 Å².